The summed E-state index contributed by atoms with van der Waals surface area (Å²) >= 11 is 0. The minimum atomic E-state index is -1.19. The van der Waals surface area contributed by atoms with E-state index >= 15 is 0 Å². The number of carbonyl (C=O) groups excluding carboxylic acids is 1. The van der Waals surface area contributed by atoms with E-state index in [1.54, 1.807) is 12.1 Å². The summed E-state index contributed by atoms with van der Waals surface area (Å²) in [6.07, 6.45) is 0. The number of carboxylic acid groups (broad SMARTS) is 1. The number of aliphatic imine (C=N–C) groups is 1. The molecule has 0 saturated heterocycles. The summed E-state index contributed by atoms with van der Waals surface area (Å²) < 4.78 is 5.24. The first-order valence-electron chi connectivity index (χ1n) is 6.62. The van der Waals surface area contributed by atoms with E-state index in [0.29, 0.717) is 0 Å². The molecule has 2 aromatic rings. The molecule has 0 saturated carbocycles. The van der Waals surface area contributed by atoms with Gasteiger partial charge in [0.15, 0.2) is 6.04 Å². The second-order valence-corrected chi connectivity index (χ2v) is 4.57. The molecule has 0 bridgehead atoms. The molecule has 112 valence electrons. The van der Waals surface area contributed by atoms with Crippen molar-refractivity contribution < 1.29 is 19.4 Å². The lowest BCUT2D eigenvalue weighted by Crippen LogP contribution is -2.15. The highest BCUT2D eigenvalue weighted by molar-refractivity contribution is 5.93. The third-order valence-corrected chi connectivity index (χ3v) is 3.10. The highest BCUT2D eigenvalue weighted by Crippen LogP contribution is 2.22. The van der Waals surface area contributed by atoms with Gasteiger partial charge in [-0.25, -0.2) is 9.59 Å². The smallest absolute Gasteiger partial charge is 0.338 e. The van der Waals surface area contributed by atoms with E-state index in [1.165, 1.54) is 12.1 Å². The van der Waals surface area contributed by atoms with Gasteiger partial charge in [0.1, 0.15) is 6.61 Å². The Morgan fingerprint density at radius 2 is 1.73 bits per heavy atom. The summed E-state index contributed by atoms with van der Waals surface area (Å²) in [5.41, 5.74) is 1.30. The molecule has 1 atom stereocenters. The molecule has 0 amide bonds. The van der Waals surface area contributed by atoms with Crippen LogP contribution in [-0.4, -0.2) is 23.8 Å². The van der Waals surface area contributed by atoms with Gasteiger partial charge in [-0.2, -0.15) is 0 Å². The van der Waals surface area contributed by atoms with Crippen molar-refractivity contribution in [3.8, 4) is 0 Å². The number of aliphatic carboxylic acids is 1. The van der Waals surface area contributed by atoms with E-state index in [9.17, 15) is 9.59 Å². The Kier molecular flexibility index (Phi) is 5.03. The minimum Gasteiger partial charge on any atom is -0.479 e. The fourth-order valence-electron chi connectivity index (χ4n) is 2.03. The molecule has 0 aliphatic heterocycles. The number of nitrogens with zero attached hydrogens (tertiary/aromatic N) is 1. The van der Waals surface area contributed by atoms with Gasteiger partial charge in [0.25, 0.3) is 0 Å². The van der Waals surface area contributed by atoms with E-state index in [2.05, 4.69) is 11.7 Å². The Balaban J connectivity index is 2.19. The van der Waals surface area contributed by atoms with E-state index in [1.807, 2.05) is 30.3 Å². The molecular weight excluding hydrogens is 282 g/mol. The molecule has 5 nitrogen and oxygen atoms in total. The number of hydrogen-bond acceptors (Lipinski definition) is 4. The monoisotopic (exact) mass is 297 g/mol. The number of benzene rings is 2. The molecule has 1 unspecified atom stereocenters. The van der Waals surface area contributed by atoms with Crippen LogP contribution in [-0.2, 0) is 16.1 Å². The molecule has 0 radical (unpaired) electrons. The SMILES string of the molecule is C=NC(C(=O)O)c1ccccc1C(=O)OCc1ccccc1. The molecule has 0 aromatic heterocycles. The summed E-state index contributed by atoms with van der Waals surface area (Å²) in [4.78, 5) is 27.0. The van der Waals surface area contributed by atoms with Crippen LogP contribution in [0.1, 0.15) is 27.5 Å². The molecule has 0 aliphatic carbocycles. The molecule has 0 fully saturated rings. The van der Waals surface area contributed by atoms with Gasteiger partial charge in [-0.05, 0) is 18.3 Å². The highest BCUT2D eigenvalue weighted by atomic mass is 16.5. The Morgan fingerprint density at radius 1 is 1.09 bits per heavy atom. The lowest BCUT2D eigenvalue weighted by molar-refractivity contribution is -0.138. The van der Waals surface area contributed by atoms with Gasteiger partial charge < -0.3 is 9.84 Å². The molecule has 0 heterocycles. The summed E-state index contributed by atoms with van der Waals surface area (Å²) in [5, 5.41) is 9.15. The number of rotatable bonds is 6. The topological polar surface area (TPSA) is 76.0 Å². The second-order valence-electron chi connectivity index (χ2n) is 4.57. The Bertz CT molecular complexity index is 682. The van der Waals surface area contributed by atoms with Crippen LogP contribution in [0, 0.1) is 0 Å². The predicted molar refractivity (Wildman–Crippen MR) is 81.9 cm³/mol. The summed E-state index contributed by atoms with van der Waals surface area (Å²) in [5.74, 6) is -1.76. The van der Waals surface area contributed by atoms with Crippen molar-refractivity contribution in [2.75, 3.05) is 0 Å². The van der Waals surface area contributed by atoms with Crippen LogP contribution >= 0.6 is 0 Å². The zero-order chi connectivity index (χ0) is 15.9. The van der Waals surface area contributed by atoms with Crippen LogP contribution in [0.4, 0.5) is 0 Å². The molecule has 5 heteroatoms. The Hall–Kier alpha value is -2.95. The third-order valence-electron chi connectivity index (χ3n) is 3.10. The van der Waals surface area contributed by atoms with Crippen LogP contribution in [0.2, 0.25) is 0 Å². The Morgan fingerprint density at radius 3 is 2.36 bits per heavy atom. The lowest BCUT2D eigenvalue weighted by Gasteiger charge is -2.12. The Labute approximate surface area is 127 Å². The maximum absolute atomic E-state index is 12.2. The van der Waals surface area contributed by atoms with Crippen molar-refractivity contribution >= 4 is 18.7 Å². The first-order chi connectivity index (χ1) is 10.6. The molecular formula is C17H15NO4. The predicted octanol–water partition coefficient (Wildman–Crippen LogP) is 2.87. The van der Waals surface area contributed by atoms with Crippen LogP contribution in [0.5, 0.6) is 0 Å². The second kappa shape index (κ2) is 7.17. The number of carboxylic acids is 1. The van der Waals surface area contributed by atoms with Gasteiger partial charge >= 0.3 is 11.9 Å². The molecule has 0 aliphatic rings. The van der Waals surface area contributed by atoms with Gasteiger partial charge in [0.05, 0.1) is 5.56 Å². The van der Waals surface area contributed by atoms with Gasteiger partial charge in [0, 0.05) is 5.56 Å². The van der Waals surface area contributed by atoms with E-state index < -0.39 is 18.0 Å². The standard InChI is InChI=1S/C17H15NO4/c1-18-15(16(19)20)13-9-5-6-10-14(13)17(21)22-11-12-7-3-2-4-8-12/h2-10,15H,1,11H2,(H,19,20). The van der Waals surface area contributed by atoms with Gasteiger partial charge in [-0.3, -0.25) is 4.99 Å². The number of carbonyl (C=O) groups is 2. The lowest BCUT2D eigenvalue weighted by atomic mass is 10.0. The molecule has 1 N–H and O–H groups in total. The van der Waals surface area contributed by atoms with Crippen molar-refractivity contribution in [2.24, 2.45) is 4.99 Å². The minimum absolute atomic E-state index is 0.118. The number of hydrogen-bond donors (Lipinski definition) is 1. The fourth-order valence-corrected chi connectivity index (χ4v) is 2.03. The highest BCUT2D eigenvalue weighted by Gasteiger charge is 2.24. The van der Waals surface area contributed by atoms with Crippen molar-refractivity contribution in [3.63, 3.8) is 0 Å². The van der Waals surface area contributed by atoms with Gasteiger partial charge in [-0.15, -0.1) is 0 Å². The molecule has 0 spiro atoms. The summed E-state index contributed by atoms with van der Waals surface area (Å²) in [6.45, 7) is 3.39. The maximum atomic E-state index is 12.2. The average Bonchev–Trinajstić information content (AvgIpc) is 2.54. The van der Waals surface area contributed by atoms with Crippen molar-refractivity contribution in [3.05, 3.63) is 71.3 Å². The first-order valence-corrected chi connectivity index (χ1v) is 6.62. The molecule has 2 aromatic carbocycles. The third kappa shape index (κ3) is 3.58. The quantitative estimate of drug-likeness (QED) is 0.657. The average molecular weight is 297 g/mol. The van der Waals surface area contributed by atoms with Crippen LogP contribution in [0.15, 0.2) is 59.6 Å². The van der Waals surface area contributed by atoms with Crippen molar-refractivity contribution in [1.82, 2.24) is 0 Å². The summed E-state index contributed by atoms with van der Waals surface area (Å²) in [7, 11) is 0. The van der Waals surface area contributed by atoms with Crippen molar-refractivity contribution in [1.29, 1.82) is 0 Å². The van der Waals surface area contributed by atoms with Crippen molar-refractivity contribution in [2.45, 2.75) is 12.6 Å². The van der Waals surface area contributed by atoms with Crippen LogP contribution in [0.3, 0.4) is 0 Å². The first kappa shape index (κ1) is 15.4. The van der Waals surface area contributed by atoms with E-state index in [4.69, 9.17) is 9.84 Å². The van der Waals surface area contributed by atoms with E-state index in [-0.39, 0.29) is 17.7 Å². The van der Waals surface area contributed by atoms with E-state index in [0.717, 1.165) is 5.56 Å². The fraction of sp³-hybridized carbons (Fsp3) is 0.118. The molecule has 22 heavy (non-hydrogen) atoms. The van der Waals surface area contributed by atoms with Crippen LogP contribution < -0.4 is 0 Å². The number of ether oxygens (including phenoxy) is 1. The maximum Gasteiger partial charge on any atom is 0.338 e. The van der Waals surface area contributed by atoms with Gasteiger partial charge in [-0.1, -0.05) is 48.5 Å². The molecule has 2 rings (SSSR count). The largest absolute Gasteiger partial charge is 0.479 e. The van der Waals surface area contributed by atoms with Gasteiger partial charge in [0.2, 0.25) is 0 Å². The van der Waals surface area contributed by atoms with Crippen LogP contribution in [0.25, 0.3) is 0 Å². The number of esters is 1. The summed E-state index contributed by atoms with van der Waals surface area (Å²) in [6, 6.07) is 14.4. The normalized spacial score (nSPS) is 11.5. The zero-order valence-corrected chi connectivity index (χ0v) is 11.8. The zero-order valence-electron chi connectivity index (χ0n) is 11.8.